The first-order valence-electron chi connectivity index (χ1n) is 5.77. The van der Waals surface area contributed by atoms with Crippen molar-refractivity contribution in [3.8, 4) is 11.8 Å². The Kier molecular flexibility index (Phi) is 4.98. The predicted molar refractivity (Wildman–Crippen MR) is 82.2 cm³/mol. The number of methoxy groups -OCH3 is 2. The van der Waals surface area contributed by atoms with Crippen LogP contribution in [0, 0.1) is 0 Å². The lowest BCUT2D eigenvalue weighted by Crippen LogP contribution is -2.14. The molecule has 2 aromatic rings. The molecule has 1 heterocycles. The Morgan fingerprint density at radius 1 is 1.19 bits per heavy atom. The number of rotatable bonds is 4. The summed E-state index contributed by atoms with van der Waals surface area (Å²) in [6, 6.07) is 6.33. The molecule has 2 rings (SSSR count). The maximum Gasteiger partial charge on any atom is 0.258 e. The Balaban J connectivity index is 2.24. The van der Waals surface area contributed by atoms with Crippen molar-refractivity contribution in [3.63, 3.8) is 0 Å². The lowest BCUT2D eigenvalue weighted by atomic mass is 10.2. The highest BCUT2D eigenvalue weighted by Gasteiger charge is 2.12. The molecule has 110 valence electrons. The SMILES string of the molecule is COc1cc(OC)nc(NC(=O)c2ccc(Cl)c(Br)c2)n1. The van der Waals surface area contributed by atoms with Crippen molar-refractivity contribution in [2.45, 2.75) is 0 Å². The molecular formula is C13H11BrClN3O3. The molecule has 1 aromatic heterocycles. The van der Waals surface area contributed by atoms with Crippen LogP contribution in [0.5, 0.6) is 11.8 Å². The van der Waals surface area contributed by atoms with Crippen LogP contribution in [0.4, 0.5) is 5.95 Å². The number of nitrogens with zero attached hydrogens (tertiary/aromatic N) is 2. The fraction of sp³-hybridized carbons (Fsp3) is 0.154. The molecule has 8 heteroatoms. The highest BCUT2D eigenvalue weighted by Crippen LogP contribution is 2.24. The zero-order valence-corrected chi connectivity index (χ0v) is 13.5. The molecule has 6 nitrogen and oxygen atoms in total. The number of benzene rings is 1. The zero-order chi connectivity index (χ0) is 15.4. The van der Waals surface area contributed by atoms with Gasteiger partial charge in [-0.2, -0.15) is 9.97 Å². The average molecular weight is 373 g/mol. The number of ether oxygens (including phenoxy) is 2. The van der Waals surface area contributed by atoms with E-state index in [4.69, 9.17) is 21.1 Å². The van der Waals surface area contributed by atoms with E-state index in [0.29, 0.717) is 15.1 Å². The summed E-state index contributed by atoms with van der Waals surface area (Å²) < 4.78 is 10.7. The van der Waals surface area contributed by atoms with Crippen molar-refractivity contribution in [3.05, 3.63) is 39.3 Å². The molecule has 1 N–H and O–H groups in total. The number of carbonyl (C=O) groups excluding carboxylic acids is 1. The van der Waals surface area contributed by atoms with Crippen molar-refractivity contribution >= 4 is 39.4 Å². The maximum atomic E-state index is 12.1. The van der Waals surface area contributed by atoms with Crippen molar-refractivity contribution < 1.29 is 14.3 Å². The molecule has 0 atom stereocenters. The molecule has 0 saturated heterocycles. The number of carbonyl (C=O) groups is 1. The molecule has 0 fully saturated rings. The van der Waals surface area contributed by atoms with Crippen LogP contribution in [0.3, 0.4) is 0 Å². The smallest absolute Gasteiger partial charge is 0.258 e. The molecule has 0 saturated carbocycles. The second-order valence-electron chi connectivity index (χ2n) is 3.86. The summed E-state index contributed by atoms with van der Waals surface area (Å²) in [7, 11) is 2.92. The third kappa shape index (κ3) is 3.83. The third-order valence-corrected chi connectivity index (χ3v) is 3.72. The lowest BCUT2D eigenvalue weighted by Gasteiger charge is -2.08. The van der Waals surface area contributed by atoms with Crippen LogP contribution in [-0.2, 0) is 0 Å². The van der Waals surface area contributed by atoms with Gasteiger partial charge in [0.2, 0.25) is 17.7 Å². The molecule has 0 aliphatic carbocycles. The van der Waals surface area contributed by atoms with Gasteiger partial charge in [-0.1, -0.05) is 11.6 Å². The highest BCUT2D eigenvalue weighted by molar-refractivity contribution is 9.10. The summed E-state index contributed by atoms with van der Waals surface area (Å²) in [6.45, 7) is 0. The number of halogens is 2. The topological polar surface area (TPSA) is 73.3 Å². The molecule has 0 aliphatic rings. The number of hydrogen-bond acceptors (Lipinski definition) is 5. The van der Waals surface area contributed by atoms with E-state index in [0.717, 1.165) is 0 Å². The Morgan fingerprint density at radius 3 is 2.33 bits per heavy atom. The molecule has 0 aliphatic heterocycles. The third-order valence-electron chi connectivity index (χ3n) is 2.50. The number of aromatic nitrogens is 2. The molecule has 0 spiro atoms. The van der Waals surface area contributed by atoms with Gasteiger partial charge in [0.1, 0.15) is 0 Å². The Hall–Kier alpha value is -1.86. The van der Waals surface area contributed by atoms with Crippen molar-refractivity contribution in [2.75, 3.05) is 19.5 Å². The Morgan fingerprint density at radius 2 is 1.81 bits per heavy atom. The van der Waals surface area contributed by atoms with Gasteiger partial charge in [0, 0.05) is 10.0 Å². The first-order valence-corrected chi connectivity index (χ1v) is 6.94. The van der Waals surface area contributed by atoms with Crippen LogP contribution < -0.4 is 14.8 Å². The van der Waals surface area contributed by atoms with E-state index in [9.17, 15) is 4.79 Å². The number of amides is 1. The number of anilines is 1. The zero-order valence-electron chi connectivity index (χ0n) is 11.2. The summed E-state index contributed by atoms with van der Waals surface area (Å²) >= 11 is 9.15. The fourth-order valence-electron chi connectivity index (χ4n) is 1.48. The monoisotopic (exact) mass is 371 g/mol. The first-order chi connectivity index (χ1) is 10.0. The average Bonchev–Trinajstić information content (AvgIpc) is 2.49. The minimum Gasteiger partial charge on any atom is -0.481 e. The van der Waals surface area contributed by atoms with Gasteiger partial charge in [0.25, 0.3) is 5.91 Å². The quantitative estimate of drug-likeness (QED) is 0.892. The van der Waals surface area contributed by atoms with Gasteiger partial charge in [-0.3, -0.25) is 10.1 Å². The second-order valence-corrected chi connectivity index (χ2v) is 5.12. The summed E-state index contributed by atoms with van der Waals surface area (Å²) in [5, 5.41) is 3.09. The molecule has 21 heavy (non-hydrogen) atoms. The van der Waals surface area contributed by atoms with Gasteiger partial charge in [-0.15, -0.1) is 0 Å². The van der Waals surface area contributed by atoms with Gasteiger partial charge >= 0.3 is 0 Å². The van der Waals surface area contributed by atoms with E-state index < -0.39 is 0 Å². The summed E-state index contributed by atoms with van der Waals surface area (Å²) in [6.07, 6.45) is 0. The van der Waals surface area contributed by atoms with Crippen molar-refractivity contribution in [1.29, 1.82) is 0 Å². The van der Waals surface area contributed by atoms with Crippen LogP contribution in [0.2, 0.25) is 5.02 Å². The molecular weight excluding hydrogens is 362 g/mol. The largest absolute Gasteiger partial charge is 0.481 e. The first kappa shape index (κ1) is 15.5. The van der Waals surface area contributed by atoms with Crippen molar-refractivity contribution in [2.24, 2.45) is 0 Å². The van der Waals surface area contributed by atoms with E-state index in [2.05, 4.69) is 31.2 Å². The number of nitrogens with one attached hydrogen (secondary N) is 1. The van der Waals surface area contributed by atoms with E-state index in [1.165, 1.54) is 20.3 Å². The Bertz CT molecular complexity index is 659. The van der Waals surface area contributed by atoms with E-state index in [1.54, 1.807) is 18.2 Å². The van der Waals surface area contributed by atoms with Crippen LogP contribution in [-0.4, -0.2) is 30.1 Å². The minimum atomic E-state index is -0.373. The molecule has 0 radical (unpaired) electrons. The molecule has 0 unspecified atom stereocenters. The van der Waals surface area contributed by atoms with Gasteiger partial charge in [0.15, 0.2) is 0 Å². The molecule has 1 amide bonds. The standard InChI is InChI=1S/C13H11BrClN3O3/c1-20-10-6-11(21-2)17-13(16-10)18-12(19)7-3-4-9(15)8(14)5-7/h3-6H,1-2H3,(H,16,17,18,19). The predicted octanol–water partition coefficient (Wildman–Crippen LogP) is 3.16. The lowest BCUT2D eigenvalue weighted by molar-refractivity contribution is 0.102. The van der Waals surface area contributed by atoms with E-state index in [-0.39, 0.29) is 23.6 Å². The van der Waals surface area contributed by atoms with Crippen LogP contribution in [0.15, 0.2) is 28.7 Å². The van der Waals surface area contributed by atoms with Gasteiger partial charge in [-0.05, 0) is 34.1 Å². The van der Waals surface area contributed by atoms with Gasteiger partial charge < -0.3 is 9.47 Å². The minimum absolute atomic E-state index is 0.0854. The summed E-state index contributed by atoms with van der Waals surface area (Å²) in [4.78, 5) is 20.2. The van der Waals surface area contributed by atoms with E-state index in [1.807, 2.05) is 0 Å². The Labute approximate surface area is 134 Å². The highest BCUT2D eigenvalue weighted by atomic mass is 79.9. The second kappa shape index (κ2) is 6.73. The maximum absolute atomic E-state index is 12.1. The van der Waals surface area contributed by atoms with Crippen LogP contribution >= 0.6 is 27.5 Å². The normalized spacial score (nSPS) is 10.1. The summed E-state index contributed by atoms with van der Waals surface area (Å²) in [5.74, 6) is 0.286. The van der Waals surface area contributed by atoms with Gasteiger partial charge in [-0.25, -0.2) is 0 Å². The van der Waals surface area contributed by atoms with Crippen LogP contribution in [0.1, 0.15) is 10.4 Å². The molecule has 1 aromatic carbocycles. The summed E-state index contributed by atoms with van der Waals surface area (Å²) in [5.41, 5.74) is 0.414. The fourth-order valence-corrected chi connectivity index (χ4v) is 1.98. The van der Waals surface area contributed by atoms with Gasteiger partial charge in [0.05, 0.1) is 25.3 Å². The van der Waals surface area contributed by atoms with Crippen LogP contribution in [0.25, 0.3) is 0 Å². The molecule has 0 bridgehead atoms. The van der Waals surface area contributed by atoms with Crippen molar-refractivity contribution in [1.82, 2.24) is 9.97 Å². The van der Waals surface area contributed by atoms with E-state index >= 15 is 0 Å². The number of hydrogen-bond donors (Lipinski definition) is 1.